The van der Waals surface area contributed by atoms with Crippen molar-refractivity contribution in [3.8, 4) is 0 Å². The number of halogens is 1. The number of carbonyl (C=O) groups excluding carboxylic acids is 1. The molecule has 0 atom stereocenters. The topological polar surface area (TPSA) is 49.8 Å². The van der Waals surface area contributed by atoms with Crippen LogP contribution in [0.3, 0.4) is 0 Å². The quantitative estimate of drug-likeness (QED) is 0.828. The Morgan fingerprint density at radius 2 is 2.11 bits per heavy atom. The lowest BCUT2D eigenvalue weighted by molar-refractivity contribution is 0.0595. The van der Waals surface area contributed by atoms with E-state index in [0.717, 1.165) is 5.56 Å². The summed E-state index contributed by atoms with van der Waals surface area (Å²) in [5.74, 6) is -1.28. The molecule has 0 heterocycles. The van der Waals surface area contributed by atoms with E-state index in [2.05, 4.69) is 4.74 Å². The SMILES string of the molecule is COC(=O)c1ccc(CN(C)C(C)(C)CO)cc1F. The number of aliphatic hydroxyl groups is 1. The minimum absolute atomic E-state index is 0.00618. The Morgan fingerprint density at radius 1 is 1.47 bits per heavy atom. The Labute approximate surface area is 112 Å². The van der Waals surface area contributed by atoms with Gasteiger partial charge in [-0.25, -0.2) is 9.18 Å². The maximum atomic E-state index is 13.7. The second-order valence-electron chi connectivity index (χ2n) is 5.13. The summed E-state index contributed by atoms with van der Waals surface area (Å²) in [7, 11) is 3.07. The first-order valence-electron chi connectivity index (χ1n) is 6.00. The van der Waals surface area contributed by atoms with Gasteiger partial charge in [0.15, 0.2) is 0 Å². The van der Waals surface area contributed by atoms with Gasteiger partial charge in [0.25, 0.3) is 0 Å². The van der Waals surface area contributed by atoms with Crippen LogP contribution >= 0.6 is 0 Å². The van der Waals surface area contributed by atoms with Gasteiger partial charge in [-0.15, -0.1) is 0 Å². The van der Waals surface area contributed by atoms with E-state index in [4.69, 9.17) is 0 Å². The molecule has 1 aromatic carbocycles. The van der Waals surface area contributed by atoms with Crippen molar-refractivity contribution in [3.63, 3.8) is 0 Å². The van der Waals surface area contributed by atoms with Crippen molar-refractivity contribution in [3.05, 3.63) is 35.1 Å². The summed E-state index contributed by atoms with van der Waals surface area (Å²) in [5, 5.41) is 9.27. The molecule has 0 unspecified atom stereocenters. The van der Waals surface area contributed by atoms with E-state index in [0.29, 0.717) is 6.54 Å². The van der Waals surface area contributed by atoms with E-state index in [1.54, 1.807) is 6.07 Å². The first-order valence-corrected chi connectivity index (χ1v) is 6.00. The standard InChI is InChI=1S/C14H20FNO3/c1-14(2,9-17)16(3)8-10-5-6-11(12(15)7-10)13(18)19-4/h5-7,17H,8-9H2,1-4H3. The zero-order valence-corrected chi connectivity index (χ0v) is 11.7. The minimum atomic E-state index is -0.687. The van der Waals surface area contributed by atoms with Crippen LogP contribution in [0, 0.1) is 5.82 Å². The van der Waals surface area contributed by atoms with Crippen molar-refractivity contribution in [2.24, 2.45) is 0 Å². The fourth-order valence-corrected chi connectivity index (χ4v) is 1.54. The monoisotopic (exact) mass is 269 g/mol. The van der Waals surface area contributed by atoms with E-state index in [1.807, 2.05) is 25.8 Å². The molecule has 0 aromatic heterocycles. The van der Waals surface area contributed by atoms with E-state index < -0.39 is 17.3 Å². The van der Waals surface area contributed by atoms with E-state index in [1.165, 1.54) is 19.2 Å². The van der Waals surface area contributed by atoms with Gasteiger partial charge in [0.2, 0.25) is 0 Å². The lowest BCUT2D eigenvalue weighted by atomic mass is 10.0. The van der Waals surface area contributed by atoms with E-state index >= 15 is 0 Å². The van der Waals surface area contributed by atoms with Crippen molar-refractivity contribution < 1.29 is 19.0 Å². The Morgan fingerprint density at radius 3 is 2.58 bits per heavy atom. The molecule has 106 valence electrons. The molecule has 0 bridgehead atoms. The molecular formula is C14H20FNO3. The van der Waals surface area contributed by atoms with Crippen LogP contribution < -0.4 is 0 Å². The lowest BCUT2D eigenvalue weighted by Crippen LogP contribution is -2.43. The average Bonchev–Trinajstić information content (AvgIpc) is 2.38. The molecule has 4 nitrogen and oxygen atoms in total. The van der Waals surface area contributed by atoms with E-state index in [9.17, 15) is 14.3 Å². The molecule has 1 aromatic rings. The highest BCUT2D eigenvalue weighted by molar-refractivity contribution is 5.89. The third-order valence-corrected chi connectivity index (χ3v) is 3.28. The Balaban J connectivity index is 2.88. The molecule has 0 aliphatic rings. The summed E-state index contributed by atoms with van der Waals surface area (Å²) in [5.41, 5.74) is 0.266. The number of carbonyl (C=O) groups is 1. The Bertz CT molecular complexity index is 460. The summed E-state index contributed by atoms with van der Waals surface area (Å²) in [6, 6.07) is 4.41. The fraction of sp³-hybridized carbons (Fsp3) is 0.500. The number of esters is 1. The van der Waals surface area contributed by atoms with Gasteiger partial charge < -0.3 is 9.84 Å². The molecule has 0 aliphatic carbocycles. The number of ether oxygens (including phenoxy) is 1. The van der Waals surface area contributed by atoms with E-state index in [-0.39, 0.29) is 12.2 Å². The van der Waals surface area contributed by atoms with Crippen LogP contribution in [-0.2, 0) is 11.3 Å². The third-order valence-electron chi connectivity index (χ3n) is 3.28. The van der Waals surface area contributed by atoms with Crippen LogP contribution in [0.25, 0.3) is 0 Å². The number of methoxy groups -OCH3 is 1. The number of rotatable bonds is 5. The maximum Gasteiger partial charge on any atom is 0.340 e. The van der Waals surface area contributed by atoms with Gasteiger partial charge >= 0.3 is 5.97 Å². The van der Waals surface area contributed by atoms with Gasteiger partial charge in [0.1, 0.15) is 5.82 Å². The van der Waals surface area contributed by atoms with Gasteiger partial charge in [0.05, 0.1) is 19.3 Å². The van der Waals surface area contributed by atoms with Crippen molar-refractivity contribution in [2.45, 2.75) is 25.9 Å². The predicted molar refractivity (Wildman–Crippen MR) is 70.4 cm³/mol. The van der Waals surface area contributed by atoms with Crippen molar-refractivity contribution in [1.29, 1.82) is 0 Å². The Kier molecular flexibility index (Phi) is 5.03. The molecule has 0 amide bonds. The lowest BCUT2D eigenvalue weighted by Gasteiger charge is -2.33. The maximum absolute atomic E-state index is 13.7. The molecule has 0 saturated carbocycles. The van der Waals surface area contributed by atoms with Gasteiger partial charge in [-0.05, 0) is 38.6 Å². The van der Waals surface area contributed by atoms with Crippen LogP contribution in [0.1, 0.15) is 29.8 Å². The van der Waals surface area contributed by atoms with Crippen molar-refractivity contribution in [1.82, 2.24) is 4.90 Å². The second kappa shape index (κ2) is 6.12. The molecule has 0 spiro atoms. The second-order valence-corrected chi connectivity index (χ2v) is 5.13. The molecule has 0 radical (unpaired) electrons. The number of hydrogen-bond acceptors (Lipinski definition) is 4. The largest absolute Gasteiger partial charge is 0.465 e. The molecule has 0 fully saturated rings. The molecular weight excluding hydrogens is 249 g/mol. The summed E-state index contributed by atoms with van der Waals surface area (Å²) < 4.78 is 18.2. The predicted octanol–water partition coefficient (Wildman–Crippen LogP) is 1.81. The number of aliphatic hydroxyl groups excluding tert-OH is 1. The number of benzene rings is 1. The van der Waals surface area contributed by atoms with Crippen LogP contribution in [0.15, 0.2) is 18.2 Å². The van der Waals surface area contributed by atoms with Gasteiger partial charge in [-0.2, -0.15) is 0 Å². The van der Waals surface area contributed by atoms with Crippen LogP contribution in [0.4, 0.5) is 4.39 Å². The van der Waals surface area contributed by atoms with Crippen molar-refractivity contribution >= 4 is 5.97 Å². The highest BCUT2D eigenvalue weighted by atomic mass is 19.1. The Hall–Kier alpha value is -1.46. The first-order chi connectivity index (χ1) is 8.81. The van der Waals surface area contributed by atoms with Crippen LogP contribution in [0.5, 0.6) is 0 Å². The molecule has 0 saturated heterocycles. The highest BCUT2D eigenvalue weighted by Crippen LogP contribution is 2.17. The fourth-order valence-electron chi connectivity index (χ4n) is 1.54. The van der Waals surface area contributed by atoms with Crippen molar-refractivity contribution in [2.75, 3.05) is 20.8 Å². The zero-order chi connectivity index (χ0) is 14.6. The first kappa shape index (κ1) is 15.6. The molecule has 5 heteroatoms. The van der Waals surface area contributed by atoms with Crippen LogP contribution in [-0.4, -0.2) is 42.3 Å². The number of hydrogen-bond donors (Lipinski definition) is 1. The zero-order valence-electron chi connectivity index (χ0n) is 11.7. The van der Waals surface area contributed by atoms with Gasteiger partial charge in [0, 0.05) is 12.1 Å². The third kappa shape index (κ3) is 3.75. The highest BCUT2D eigenvalue weighted by Gasteiger charge is 2.22. The molecule has 1 N–H and O–H groups in total. The summed E-state index contributed by atoms with van der Waals surface area (Å²) in [6.45, 7) is 4.27. The minimum Gasteiger partial charge on any atom is -0.465 e. The smallest absolute Gasteiger partial charge is 0.340 e. The van der Waals surface area contributed by atoms with Crippen LogP contribution in [0.2, 0.25) is 0 Å². The molecule has 0 aliphatic heterocycles. The summed E-state index contributed by atoms with van der Waals surface area (Å²) in [6.07, 6.45) is 0. The number of likely N-dealkylation sites (N-methyl/N-ethyl adjacent to an activating group) is 1. The summed E-state index contributed by atoms with van der Waals surface area (Å²) in [4.78, 5) is 13.2. The average molecular weight is 269 g/mol. The van der Waals surface area contributed by atoms with Gasteiger partial charge in [-0.3, -0.25) is 4.90 Å². The van der Waals surface area contributed by atoms with Gasteiger partial charge in [-0.1, -0.05) is 6.07 Å². The normalized spacial score (nSPS) is 11.7. The molecule has 19 heavy (non-hydrogen) atoms. The number of nitrogens with zero attached hydrogens (tertiary/aromatic N) is 1. The molecule has 1 rings (SSSR count). The summed E-state index contributed by atoms with van der Waals surface area (Å²) >= 11 is 0.